The molecule has 1 atom stereocenters. The smallest absolute Gasteiger partial charge is 0.255 e. The Labute approximate surface area is 107 Å². The molecular formula is C13H20N2O3. The van der Waals surface area contributed by atoms with Crippen molar-refractivity contribution in [2.24, 2.45) is 5.73 Å². The zero-order valence-corrected chi connectivity index (χ0v) is 11.0. The van der Waals surface area contributed by atoms with Crippen molar-refractivity contribution in [1.82, 2.24) is 5.32 Å². The fourth-order valence-electron chi connectivity index (χ4n) is 1.58. The number of ether oxygens (including phenoxy) is 2. The normalized spacial score (nSPS) is 11.8. The zero-order chi connectivity index (χ0) is 13.5. The Bertz CT molecular complexity index is 403. The summed E-state index contributed by atoms with van der Waals surface area (Å²) in [7, 11) is 3.08. The number of nitrogens with two attached hydrogens (primary N) is 1. The summed E-state index contributed by atoms with van der Waals surface area (Å²) in [6.07, 6.45) is 0.786. The van der Waals surface area contributed by atoms with Gasteiger partial charge in [-0.3, -0.25) is 4.79 Å². The molecule has 0 spiro atoms. The third-order valence-electron chi connectivity index (χ3n) is 2.76. The molecule has 3 N–H and O–H groups in total. The van der Waals surface area contributed by atoms with E-state index in [-0.39, 0.29) is 11.9 Å². The van der Waals surface area contributed by atoms with Crippen molar-refractivity contribution in [3.05, 3.63) is 23.8 Å². The molecule has 18 heavy (non-hydrogen) atoms. The predicted octanol–water partition coefficient (Wildman–Crippen LogP) is 1.17. The molecule has 5 heteroatoms. The first-order chi connectivity index (χ1) is 8.65. The summed E-state index contributed by atoms with van der Waals surface area (Å²) < 4.78 is 10.3. The summed E-state index contributed by atoms with van der Waals surface area (Å²) in [5.41, 5.74) is 6.01. The Morgan fingerprint density at radius 2 is 2.11 bits per heavy atom. The number of carbonyl (C=O) groups is 1. The third kappa shape index (κ3) is 3.37. The van der Waals surface area contributed by atoms with Crippen LogP contribution in [0.2, 0.25) is 0 Å². The first kappa shape index (κ1) is 14.3. The highest BCUT2D eigenvalue weighted by molar-refractivity contribution is 5.97. The van der Waals surface area contributed by atoms with Crippen LogP contribution in [0.4, 0.5) is 0 Å². The van der Waals surface area contributed by atoms with Crippen molar-refractivity contribution in [1.29, 1.82) is 0 Å². The molecule has 0 saturated carbocycles. The van der Waals surface area contributed by atoms with Gasteiger partial charge >= 0.3 is 0 Å². The second kappa shape index (κ2) is 6.86. The number of rotatable bonds is 6. The van der Waals surface area contributed by atoms with Gasteiger partial charge in [-0.05, 0) is 24.6 Å². The maximum absolute atomic E-state index is 12.1. The lowest BCUT2D eigenvalue weighted by Crippen LogP contribution is -2.39. The molecular weight excluding hydrogens is 232 g/mol. The Hall–Kier alpha value is -1.75. The summed E-state index contributed by atoms with van der Waals surface area (Å²) >= 11 is 0. The van der Waals surface area contributed by atoms with Crippen LogP contribution in [0.1, 0.15) is 23.7 Å². The highest BCUT2D eigenvalue weighted by atomic mass is 16.5. The van der Waals surface area contributed by atoms with E-state index in [0.29, 0.717) is 23.6 Å². The first-order valence-electron chi connectivity index (χ1n) is 5.89. The van der Waals surface area contributed by atoms with Crippen LogP contribution in [-0.4, -0.2) is 32.7 Å². The Kier molecular flexibility index (Phi) is 5.45. The predicted molar refractivity (Wildman–Crippen MR) is 70.1 cm³/mol. The molecule has 0 fully saturated rings. The fourth-order valence-corrected chi connectivity index (χ4v) is 1.58. The first-order valence-corrected chi connectivity index (χ1v) is 5.89. The second-order valence-electron chi connectivity index (χ2n) is 3.88. The molecule has 1 amide bonds. The Morgan fingerprint density at radius 1 is 1.39 bits per heavy atom. The molecule has 0 radical (unpaired) electrons. The monoisotopic (exact) mass is 252 g/mol. The van der Waals surface area contributed by atoms with E-state index in [1.54, 1.807) is 25.3 Å². The molecule has 1 rings (SSSR count). The van der Waals surface area contributed by atoms with E-state index in [0.717, 1.165) is 6.42 Å². The number of nitrogens with one attached hydrogen (secondary N) is 1. The highest BCUT2D eigenvalue weighted by Crippen LogP contribution is 2.23. The molecule has 0 saturated heterocycles. The third-order valence-corrected chi connectivity index (χ3v) is 2.76. The van der Waals surface area contributed by atoms with Crippen LogP contribution in [0.3, 0.4) is 0 Å². The lowest BCUT2D eigenvalue weighted by atomic mass is 10.1. The number of carbonyl (C=O) groups excluding carboxylic acids is 1. The quantitative estimate of drug-likeness (QED) is 0.797. The number of amides is 1. The molecule has 1 unspecified atom stereocenters. The molecule has 0 heterocycles. The molecule has 5 nitrogen and oxygen atoms in total. The highest BCUT2D eigenvalue weighted by Gasteiger charge is 2.16. The van der Waals surface area contributed by atoms with Crippen molar-refractivity contribution in [2.45, 2.75) is 19.4 Å². The van der Waals surface area contributed by atoms with E-state index in [2.05, 4.69) is 5.32 Å². The van der Waals surface area contributed by atoms with Gasteiger partial charge in [0.1, 0.15) is 11.5 Å². The van der Waals surface area contributed by atoms with Gasteiger partial charge in [-0.25, -0.2) is 0 Å². The van der Waals surface area contributed by atoms with Gasteiger partial charge in [0.25, 0.3) is 5.91 Å². The topological polar surface area (TPSA) is 73.6 Å². The maximum atomic E-state index is 12.1. The van der Waals surface area contributed by atoms with Crippen molar-refractivity contribution in [3.63, 3.8) is 0 Å². The maximum Gasteiger partial charge on any atom is 0.255 e. The number of methoxy groups -OCH3 is 2. The van der Waals surface area contributed by atoms with Crippen LogP contribution in [0.5, 0.6) is 11.5 Å². The molecule has 0 aliphatic heterocycles. The van der Waals surface area contributed by atoms with Crippen molar-refractivity contribution in [3.8, 4) is 11.5 Å². The van der Waals surface area contributed by atoms with Crippen LogP contribution in [-0.2, 0) is 0 Å². The summed E-state index contributed by atoms with van der Waals surface area (Å²) in [4.78, 5) is 12.1. The molecule has 1 aromatic carbocycles. The van der Waals surface area contributed by atoms with Gasteiger partial charge in [-0.2, -0.15) is 0 Å². The van der Waals surface area contributed by atoms with Gasteiger partial charge in [0.2, 0.25) is 0 Å². The average molecular weight is 252 g/mol. The molecule has 0 aliphatic rings. The minimum absolute atomic E-state index is 0.0339. The molecule has 0 bridgehead atoms. The summed E-state index contributed by atoms with van der Waals surface area (Å²) in [6.45, 7) is 2.38. The average Bonchev–Trinajstić information content (AvgIpc) is 2.43. The van der Waals surface area contributed by atoms with Crippen molar-refractivity contribution in [2.75, 3.05) is 20.8 Å². The SMILES string of the molecule is CCC(CN)NC(=O)c1cc(OC)ccc1OC. The second-order valence-corrected chi connectivity index (χ2v) is 3.88. The van der Waals surface area contributed by atoms with Gasteiger partial charge in [-0.15, -0.1) is 0 Å². The summed E-state index contributed by atoms with van der Waals surface area (Å²) in [6, 6.07) is 5.07. The number of hydrogen-bond donors (Lipinski definition) is 2. The van der Waals surface area contributed by atoms with Crippen LogP contribution in [0.25, 0.3) is 0 Å². The fraction of sp³-hybridized carbons (Fsp3) is 0.462. The van der Waals surface area contributed by atoms with E-state index in [9.17, 15) is 4.79 Å². The largest absolute Gasteiger partial charge is 0.497 e. The Balaban J connectivity index is 2.95. The lowest BCUT2D eigenvalue weighted by molar-refractivity contribution is 0.0933. The van der Waals surface area contributed by atoms with E-state index in [4.69, 9.17) is 15.2 Å². The van der Waals surface area contributed by atoms with Gasteiger partial charge in [0.05, 0.1) is 19.8 Å². The van der Waals surface area contributed by atoms with Gasteiger partial charge in [0, 0.05) is 12.6 Å². The standard InChI is InChI=1S/C13H20N2O3/c1-4-9(8-14)15-13(16)11-7-10(17-2)5-6-12(11)18-3/h5-7,9H,4,8,14H2,1-3H3,(H,15,16). The van der Waals surface area contributed by atoms with Gasteiger partial charge in [-0.1, -0.05) is 6.92 Å². The number of hydrogen-bond acceptors (Lipinski definition) is 4. The number of benzene rings is 1. The lowest BCUT2D eigenvalue weighted by Gasteiger charge is -2.16. The molecule has 0 aliphatic carbocycles. The summed E-state index contributed by atoms with van der Waals surface area (Å²) in [5.74, 6) is 0.921. The zero-order valence-electron chi connectivity index (χ0n) is 11.0. The van der Waals surface area contributed by atoms with Crippen molar-refractivity contribution < 1.29 is 14.3 Å². The van der Waals surface area contributed by atoms with E-state index < -0.39 is 0 Å². The molecule has 1 aromatic rings. The van der Waals surface area contributed by atoms with Crippen LogP contribution >= 0.6 is 0 Å². The van der Waals surface area contributed by atoms with E-state index in [1.807, 2.05) is 6.92 Å². The van der Waals surface area contributed by atoms with Crippen LogP contribution < -0.4 is 20.5 Å². The van der Waals surface area contributed by atoms with Crippen LogP contribution in [0, 0.1) is 0 Å². The van der Waals surface area contributed by atoms with E-state index >= 15 is 0 Å². The molecule has 100 valence electrons. The van der Waals surface area contributed by atoms with E-state index in [1.165, 1.54) is 7.11 Å². The van der Waals surface area contributed by atoms with Crippen molar-refractivity contribution >= 4 is 5.91 Å². The van der Waals surface area contributed by atoms with Crippen LogP contribution in [0.15, 0.2) is 18.2 Å². The molecule has 0 aromatic heterocycles. The minimum atomic E-state index is -0.206. The Morgan fingerprint density at radius 3 is 2.61 bits per heavy atom. The van der Waals surface area contributed by atoms with Gasteiger partial charge in [0.15, 0.2) is 0 Å². The van der Waals surface area contributed by atoms with Gasteiger partial charge < -0.3 is 20.5 Å². The summed E-state index contributed by atoms with van der Waals surface area (Å²) in [5, 5.41) is 2.86. The minimum Gasteiger partial charge on any atom is -0.497 e.